The number of benzene rings is 3. The van der Waals surface area contributed by atoms with Crippen molar-refractivity contribution in [3.63, 3.8) is 0 Å². The molecule has 16 aromatic heterocycles. The zero-order valence-corrected chi connectivity index (χ0v) is 71.3. The van der Waals surface area contributed by atoms with Crippen molar-refractivity contribution in [2.24, 2.45) is 40.9 Å². The number of aromatic nitrogens is 31. The molecule has 19 aromatic rings. The van der Waals surface area contributed by atoms with Gasteiger partial charge in [0.1, 0.15) is 5.82 Å². The molecule has 0 spiro atoms. The van der Waals surface area contributed by atoms with Crippen molar-refractivity contribution >= 4 is 115 Å². The number of hydrogen-bond donors (Lipinski definition) is 6. The van der Waals surface area contributed by atoms with Crippen LogP contribution in [0.4, 0.5) is 80.1 Å². The van der Waals surface area contributed by atoms with Crippen LogP contribution >= 0.6 is 0 Å². The summed E-state index contributed by atoms with van der Waals surface area (Å²) >= 11 is 0. The minimum Gasteiger partial charge on any atom is -0.326 e. The number of carbonyl (C=O) groups is 2. The van der Waals surface area contributed by atoms with E-state index in [-0.39, 0.29) is 63.6 Å². The van der Waals surface area contributed by atoms with Gasteiger partial charge in [-0.3, -0.25) is 35.0 Å². The number of fused-ring (bicyclic) bond motifs is 4. The van der Waals surface area contributed by atoms with E-state index in [4.69, 9.17) is 31.3 Å². The predicted molar refractivity (Wildman–Crippen MR) is 471 cm³/mol. The van der Waals surface area contributed by atoms with E-state index in [2.05, 4.69) is 182 Å². The Morgan fingerprint density at radius 3 is 1.31 bits per heavy atom. The normalized spacial score (nSPS) is 11.5. The van der Waals surface area contributed by atoms with Gasteiger partial charge in [0.2, 0.25) is 34.4 Å². The van der Waals surface area contributed by atoms with E-state index in [1.807, 2.05) is 103 Å². The van der Waals surface area contributed by atoms with Gasteiger partial charge in [-0.05, 0) is 128 Å². The Morgan fingerprint density at radius 1 is 0.400 bits per heavy atom. The largest absolute Gasteiger partial charge is 0.326 e. The van der Waals surface area contributed by atoms with Crippen LogP contribution in [0, 0.1) is 81.7 Å². The Hall–Kier alpha value is -19.1. The van der Waals surface area contributed by atoms with Gasteiger partial charge in [0, 0.05) is 90.7 Å². The van der Waals surface area contributed by atoms with Crippen LogP contribution in [0.1, 0.15) is 85.9 Å². The molecule has 47 heteroatoms. The molecule has 0 radical (unpaired) electrons. The van der Waals surface area contributed by atoms with E-state index in [0.29, 0.717) is 126 Å². The molecule has 0 bridgehead atoms. The molecule has 6 N–H and O–H groups in total. The fourth-order valence-electron chi connectivity index (χ4n) is 13.1. The third-order valence-corrected chi connectivity index (χ3v) is 19.1. The molecule has 3 aromatic carbocycles. The Bertz CT molecular complexity index is 7810. The Balaban J connectivity index is 0.000000128. The van der Waals surface area contributed by atoms with Crippen LogP contribution in [0.25, 0.3) is 99.7 Å². The van der Waals surface area contributed by atoms with E-state index >= 15 is 0 Å². The molecule has 0 aliphatic rings. The lowest BCUT2D eigenvalue weighted by Gasteiger charge is -2.16. The Morgan fingerprint density at radius 2 is 0.838 bits per heavy atom. The number of pyridine rings is 1. The van der Waals surface area contributed by atoms with Gasteiger partial charge in [0.05, 0.1) is 84.2 Å². The monoisotopic (exact) mass is 1730 g/mol. The molecule has 0 aliphatic carbocycles. The van der Waals surface area contributed by atoms with Gasteiger partial charge in [-0.15, -0.1) is 61.3 Å². The third kappa shape index (κ3) is 17.3. The predicted octanol–water partition coefficient (Wildman–Crippen LogP) is 17.3. The van der Waals surface area contributed by atoms with Gasteiger partial charge < -0.3 is 10.6 Å². The van der Waals surface area contributed by atoms with Crippen LogP contribution in [0.2, 0.25) is 0 Å². The van der Waals surface area contributed by atoms with Gasteiger partial charge in [0.25, 0.3) is 40.6 Å². The van der Waals surface area contributed by atoms with E-state index in [0.717, 1.165) is 39.3 Å². The Kier molecular flexibility index (Phi) is 23.3. The smallest absolute Gasteiger partial charge is 0.255 e. The Labute approximate surface area is 734 Å². The molecule has 47 nitrogen and oxygen atoms in total. The molecule has 19 rings (SSSR count). The number of anilines is 2. The van der Waals surface area contributed by atoms with Crippen LogP contribution in [0.5, 0.6) is 0 Å². The van der Waals surface area contributed by atoms with Crippen molar-refractivity contribution < 1.29 is 9.59 Å². The van der Waals surface area contributed by atoms with E-state index in [9.17, 15) is 9.59 Å². The summed E-state index contributed by atoms with van der Waals surface area (Å²) in [4.78, 5) is 84.6. The zero-order valence-electron chi connectivity index (χ0n) is 71.3. The van der Waals surface area contributed by atoms with E-state index in [1.165, 1.54) is 43.4 Å². The van der Waals surface area contributed by atoms with Gasteiger partial charge in [-0.2, -0.15) is 53.0 Å². The van der Waals surface area contributed by atoms with Crippen molar-refractivity contribution in [3.8, 4) is 57.7 Å². The SMILES string of the molecule is [C-]#[N+]c1c(C)nn(-c2ncccn2)c1N=Nc1c(C(C)(C)C)[nH]n2nc(-c3ccc(NC(C)=O)cc3)nc12.[C-]#[N+]c1c(C)nn(-c2ncccn2)c1N=Nc1c(C)[nH]n2nc(-c3cccc(NC(C)=O)c3)nc12.[C-]#[N+]c1c(C)nn(-c2ncccn2)c1N=Nc1c(C)[nH]n2nc(-c3ccccc3C)nc12.[C-]#[N+]c1cnn(-c2cccnc2)c1N=Nc1c(C)[nH]n2nc(C)nc12. The highest BCUT2D eigenvalue weighted by Gasteiger charge is 2.29. The van der Waals surface area contributed by atoms with Crippen molar-refractivity contribution in [3.05, 3.63) is 256 Å². The summed E-state index contributed by atoms with van der Waals surface area (Å²) in [7, 11) is 0. The first-order chi connectivity index (χ1) is 62.8. The maximum atomic E-state index is 11.4. The van der Waals surface area contributed by atoms with Crippen LogP contribution in [-0.2, 0) is 15.0 Å². The summed E-state index contributed by atoms with van der Waals surface area (Å²) in [6.07, 6.45) is 14.3. The quantitative estimate of drug-likeness (QED) is 0.0364. The molecule has 0 saturated heterocycles. The van der Waals surface area contributed by atoms with Crippen LogP contribution < -0.4 is 10.6 Å². The number of amides is 2. The highest BCUT2D eigenvalue weighted by atomic mass is 16.2. The molecule has 2 amide bonds. The highest BCUT2D eigenvalue weighted by Crippen LogP contribution is 2.42. The minimum atomic E-state index is -0.335. The minimum absolute atomic E-state index is 0.146. The lowest BCUT2D eigenvalue weighted by atomic mass is 9.91. The number of rotatable bonds is 17. The summed E-state index contributed by atoms with van der Waals surface area (Å²) in [6.45, 7) is 53.6. The average Bonchev–Trinajstić information content (AvgIpc) is 1.61. The van der Waals surface area contributed by atoms with Crippen molar-refractivity contribution in [1.29, 1.82) is 0 Å². The maximum Gasteiger partial charge on any atom is 0.255 e. The summed E-state index contributed by atoms with van der Waals surface area (Å²) in [6, 6.07) is 31.1. The first kappa shape index (κ1) is 84.5. The summed E-state index contributed by atoms with van der Waals surface area (Å²) < 4.78 is 11.9. The van der Waals surface area contributed by atoms with Gasteiger partial charge in [-0.25, -0.2) is 73.9 Å². The standard InChI is InChI=1S/C25H24N12O.C22H18N12O.C21H17N11.C15H12N10/c1-14-18(26-6)23(36(33-14)24-27-12-7-13-28-24)32-31-19-20(25(3,4)5)34-37-22(19)30-21(35-37)16-8-10-17(11-9-16)29-15(2)38;1-12-17(23-4)21(33(30-12)22-24-9-6-10-25-22)29-28-18-13(2)31-34-20(18)27-19(32-34)15-7-5-8-16(11-15)26-14(3)35;1-12-8-5-6-9-15(12)18-25-19-17(14(3)29-32(19)30-18)26-27-20-16(22-4)13(2)28-31(20)21-23-10-7-11-24-21;1-9-13(15-19-10(2)23-25(15)22-9)20-21-14-12(16-3)8-18-24(14)11-5-4-6-17-7-11/h7-13,34H,1-5H3,(H,29,38);5-11,31H,1-3H3,(H,26,35);5-11,29H,1-3H3;4-8,22H,1-2H3. The fraction of sp³-hybridized carbons (Fsp3) is 0.169. The lowest BCUT2D eigenvalue weighted by molar-refractivity contribution is -0.115. The van der Waals surface area contributed by atoms with Gasteiger partial charge in [0.15, 0.2) is 63.5 Å². The first-order valence-electron chi connectivity index (χ1n) is 39.2. The summed E-state index contributed by atoms with van der Waals surface area (Å²) in [5, 5.41) is 88.3. The number of aromatic amines is 4. The van der Waals surface area contributed by atoms with Gasteiger partial charge >= 0.3 is 0 Å². The molecule has 0 saturated carbocycles. The van der Waals surface area contributed by atoms with E-state index in [1.54, 1.807) is 140 Å². The van der Waals surface area contributed by atoms with Crippen LogP contribution in [0.15, 0.2) is 200 Å². The molecular weight excluding hydrogens is 1660 g/mol. The first-order valence-corrected chi connectivity index (χ1v) is 39.2. The molecule has 640 valence electrons. The number of aryl methyl sites for hydroxylation is 8. The van der Waals surface area contributed by atoms with Crippen molar-refractivity contribution in [2.45, 2.75) is 95.4 Å². The number of H-pyrrole nitrogens is 4. The molecular formula is C83H71N45O2. The van der Waals surface area contributed by atoms with E-state index < -0.39 is 0 Å². The summed E-state index contributed by atoms with van der Waals surface area (Å²) in [5.74, 6) is 3.70. The molecule has 16 heterocycles. The highest BCUT2D eigenvalue weighted by molar-refractivity contribution is 5.90. The maximum absolute atomic E-state index is 11.4. The second-order valence-electron chi connectivity index (χ2n) is 29.5. The molecule has 0 aliphatic heterocycles. The topological polar surface area (TPSA) is 520 Å². The summed E-state index contributed by atoms with van der Waals surface area (Å²) in [5.41, 5.74) is 14.8. The molecule has 0 fully saturated rings. The van der Waals surface area contributed by atoms with Gasteiger partial charge in [-0.1, -0.05) is 57.2 Å². The fourth-order valence-corrected chi connectivity index (χ4v) is 13.1. The van der Waals surface area contributed by atoms with Crippen molar-refractivity contribution in [1.82, 2.24) is 153 Å². The average molecular weight is 1730 g/mol. The van der Waals surface area contributed by atoms with Crippen LogP contribution in [0.3, 0.4) is 0 Å². The number of hydrogen-bond acceptors (Lipinski definition) is 29. The third-order valence-electron chi connectivity index (χ3n) is 19.1. The zero-order chi connectivity index (χ0) is 91.2. The lowest BCUT2D eigenvalue weighted by Crippen LogP contribution is -2.12. The number of nitrogens with zero attached hydrogens (tertiary/aromatic N) is 39. The second kappa shape index (κ2) is 35.8. The molecule has 0 unspecified atom stereocenters. The molecule has 0 atom stereocenters. The van der Waals surface area contributed by atoms with Crippen molar-refractivity contribution in [2.75, 3.05) is 10.6 Å². The van der Waals surface area contributed by atoms with Crippen LogP contribution in [-0.4, -0.2) is 165 Å². The number of azo groups is 4. The number of carbonyl (C=O) groups excluding carboxylic acids is 2. The molecule has 130 heavy (non-hydrogen) atoms. The number of nitrogens with one attached hydrogen (secondary N) is 6. The second-order valence-corrected chi connectivity index (χ2v) is 29.5.